The molecule has 1 aromatic rings. The van der Waals surface area contributed by atoms with Gasteiger partial charge >= 0.3 is 6.03 Å². The molecule has 96 valence electrons. The summed E-state index contributed by atoms with van der Waals surface area (Å²) in [6.07, 6.45) is 2.19. The van der Waals surface area contributed by atoms with Crippen molar-refractivity contribution in [2.45, 2.75) is 11.3 Å². The number of halogens is 1. The number of amides is 2. The quantitative estimate of drug-likeness (QED) is 0.892. The maximum atomic E-state index is 12.0. The molecule has 1 heterocycles. The van der Waals surface area contributed by atoms with Gasteiger partial charge in [-0.25, -0.2) is 22.9 Å². The van der Waals surface area contributed by atoms with Crippen molar-refractivity contribution in [2.75, 3.05) is 6.54 Å². The SMILES string of the molecule is O=C(NS(=O)(=O)c1ccccc1Br)N1CCC=N1. The maximum absolute atomic E-state index is 12.0. The van der Waals surface area contributed by atoms with Gasteiger partial charge in [0, 0.05) is 17.1 Å². The first-order valence-electron chi connectivity index (χ1n) is 5.12. The Balaban J connectivity index is 2.20. The van der Waals surface area contributed by atoms with Gasteiger partial charge in [-0.15, -0.1) is 0 Å². The van der Waals surface area contributed by atoms with E-state index in [-0.39, 0.29) is 4.90 Å². The van der Waals surface area contributed by atoms with E-state index in [4.69, 9.17) is 0 Å². The second-order valence-corrected chi connectivity index (χ2v) is 6.06. The van der Waals surface area contributed by atoms with Crippen LogP contribution >= 0.6 is 15.9 Å². The number of hydrogen-bond donors (Lipinski definition) is 1. The Morgan fingerprint density at radius 1 is 1.39 bits per heavy atom. The molecule has 0 saturated heterocycles. The van der Waals surface area contributed by atoms with Gasteiger partial charge in [0.1, 0.15) is 4.90 Å². The maximum Gasteiger partial charge on any atom is 0.351 e. The highest BCUT2D eigenvalue weighted by Gasteiger charge is 2.24. The van der Waals surface area contributed by atoms with Crippen molar-refractivity contribution in [3.8, 4) is 0 Å². The van der Waals surface area contributed by atoms with Crippen LogP contribution in [-0.4, -0.2) is 32.2 Å². The van der Waals surface area contributed by atoms with Crippen LogP contribution in [0.4, 0.5) is 4.79 Å². The summed E-state index contributed by atoms with van der Waals surface area (Å²) in [5, 5.41) is 4.83. The van der Waals surface area contributed by atoms with Crippen LogP contribution < -0.4 is 4.72 Å². The summed E-state index contributed by atoms with van der Waals surface area (Å²) in [6, 6.07) is 5.52. The minimum atomic E-state index is -3.89. The van der Waals surface area contributed by atoms with Gasteiger partial charge in [0.05, 0.1) is 6.54 Å². The highest BCUT2D eigenvalue weighted by Crippen LogP contribution is 2.21. The van der Waals surface area contributed by atoms with Crippen molar-refractivity contribution in [1.82, 2.24) is 9.73 Å². The fourth-order valence-corrected chi connectivity index (χ4v) is 3.39. The van der Waals surface area contributed by atoms with Crippen molar-refractivity contribution in [3.05, 3.63) is 28.7 Å². The molecule has 8 heteroatoms. The zero-order valence-electron chi connectivity index (χ0n) is 9.21. The zero-order valence-corrected chi connectivity index (χ0v) is 11.6. The molecule has 6 nitrogen and oxygen atoms in total. The van der Waals surface area contributed by atoms with Crippen molar-refractivity contribution < 1.29 is 13.2 Å². The molecule has 1 aliphatic rings. The zero-order chi connectivity index (χ0) is 13.2. The van der Waals surface area contributed by atoms with Crippen LogP contribution in [0.2, 0.25) is 0 Å². The first-order chi connectivity index (χ1) is 8.50. The largest absolute Gasteiger partial charge is 0.351 e. The standard InChI is InChI=1S/C10H10BrN3O3S/c11-8-4-1-2-5-9(8)18(16,17)13-10(15)14-7-3-6-12-14/h1-2,4-6H,3,7H2,(H,13,15). The van der Waals surface area contributed by atoms with Gasteiger partial charge in [0.25, 0.3) is 10.0 Å². The van der Waals surface area contributed by atoms with Crippen LogP contribution in [0.15, 0.2) is 38.7 Å². The summed E-state index contributed by atoms with van der Waals surface area (Å²) in [5.74, 6) is 0. The van der Waals surface area contributed by atoms with E-state index in [1.165, 1.54) is 6.07 Å². The molecule has 1 aromatic carbocycles. The van der Waals surface area contributed by atoms with E-state index in [0.29, 0.717) is 17.4 Å². The molecule has 0 unspecified atom stereocenters. The smallest absolute Gasteiger partial charge is 0.246 e. The predicted molar refractivity (Wildman–Crippen MR) is 69.7 cm³/mol. The van der Waals surface area contributed by atoms with Crippen LogP contribution in [0.25, 0.3) is 0 Å². The Morgan fingerprint density at radius 3 is 2.72 bits per heavy atom. The van der Waals surface area contributed by atoms with E-state index in [9.17, 15) is 13.2 Å². The predicted octanol–water partition coefficient (Wildman–Crippen LogP) is 1.54. The molecule has 1 N–H and O–H groups in total. The lowest BCUT2D eigenvalue weighted by atomic mass is 10.4. The average Bonchev–Trinajstić information content (AvgIpc) is 2.82. The summed E-state index contributed by atoms with van der Waals surface area (Å²) >= 11 is 3.13. The van der Waals surface area contributed by atoms with E-state index in [2.05, 4.69) is 21.0 Å². The number of benzene rings is 1. The highest BCUT2D eigenvalue weighted by atomic mass is 79.9. The normalized spacial score (nSPS) is 14.8. The van der Waals surface area contributed by atoms with Crippen LogP contribution in [-0.2, 0) is 10.0 Å². The fraction of sp³-hybridized carbons (Fsp3) is 0.200. The molecule has 0 aliphatic carbocycles. The van der Waals surface area contributed by atoms with Crippen molar-refractivity contribution in [2.24, 2.45) is 5.10 Å². The number of sulfonamides is 1. The van der Waals surface area contributed by atoms with Crippen molar-refractivity contribution >= 4 is 38.2 Å². The lowest BCUT2D eigenvalue weighted by Crippen LogP contribution is -2.39. The minimum Gasteiger partial charge on any atom is -0.246 e. The Labute approximate surface area is 113 Å². The molecule has 18 heavy (non-hydrogen) atoms. The van der Waals surface area contributed by atoms with Crippen molar-refractivity contribution in [3.63, 3.8) is 0 Å². The molecule has 2 amide bonds. The molecule has 0 bridgehead atoms. The van der Waals surface area contributed by atoms with E-state index in [1.54, 1.807) is 24.4 Å². The third-order valence-corrected chi connectivity index (χ3v) is 4.61. The number of nitrogens with zero attached hydrogens (tertiary/aromatic N) is 2. The number of urea groups is 1. The Kier molecular flexibility index (Phi) is 3.67. The number of hydrogen-bond acceptors (Lipinski definition) is 4. The first kappa shape index (κ1) is 13.0. The van der Waals surface area contributed by atoms with E-state index in [1.807, 2.05) is 4.72 Å². The molecule has 0 fully saturated rings. The summed E-state index contributed by atoms with van der Waals surface area (Å²) in [6.45, 7) is 0.386. The van der Waals surface area contributed by atoms with Gasteiger partial charge in [0.15, 0.2) is 0 Å². The van der Waals surface area contributed by atoms with Crippen LogP contribution in [0, 0.1) is 0 Å². The molecule has 1 aliphatic heterocycles. The van der Waals surface area contributed by atoms with Crippen molar-refractivity contribution in [1.29, 1.82) is 0 Å². The second kappa shape index (κ2) is 5.07. The van der Waals surface area contributed by atoms with E-state index in [0.717, 1.165) is 5.01 Å². The minimum absolute atomic E-state index is 0.0153. The van der Waals surface area contributed by atoms with Gasteiger partial charge < -0.3 is 0 Å². The number of carbonyl (C=O) groups is 1. The van der Waals surface area contributed by atoms with Gasteiger partial charge in [-0.2, -0.15) is 5.10 Å². The molecule has 2 rings (SSSR count). The molecule has 0 radical (unpaired) electrons. The Hall–Kier alpha value is -1.41. The number of carbonyl (C=O) groups excluding carboxylic acids is 1. The topological polar surface area (TPSA) is 78.8 Å². The van der Waals surface area contributed by atoms with Crippen LogP contribution in [0.5, 0.6) is 0 Å². The van der Waals surface area contributed by atoms with Gasteiger partial charge in [-0.1, -0.05) is 12.1 Å². The van der Waals surface area contributed by atoms with Gasteiger partial charge in [-0.3, -0.25) is 0 Å². The molecular weight excluding hydrogens is 322 g/mol. The van der Waals surface area contributed by atoms with E-state index < -0.39 is 16.1 Å². The molecule has 0 atom stereocenters. The highest BCUT2D eigenvalue weighted by molar-refractivity contribution is 9.10. The Bertz CT molecular complexity index is 600. The monoisotopic (exact) mass is 331 g/mol. The summed E-state index contributed by atoms with van der Waals surface area (Å²) < 4.78 is 26.3. The van der Waals surface area contributed by atoms with Gasteiger partial charge in [-0.05, 0) is 28.1 Å². The van der Waals surface area contributed by atoms with Crippen LogP contribution in [0.1, 0.15) is 6.42 Å². The number of nitrogens with one attached hydrogen (secondary N) is 1. The molecule has 0 saturated carbocycles. The second-order valence-electron chi connectivity index (χ2n) is 3.55. The summed E-state index contributed by atoms with van der Waals surface area (Å²) in [4.78, 5) is 11.7. The average molecular weight is 332 g/mol. The molecule has 0 aromatic heterocycles. The summed E-state index contributed by atoms with van der Waals surface area (Å²) in [7, 11) is -3.89. The third kappa shape index (κ3) is 2.70. The lowest BCUT2D eigenvalue weighted by Gasteiger charge is -2.13. The number of rotatable bonds is 2. The van der Waals surface area contributed by atoms with Gasteiger partial charge in [0.2, 0.25) is 0 Å². The Morgan fingerprint density at radius 2 is 2.11 bits per heavy atom. The fourth-order valence-electron chi connectivity index (χ4n) is 1.43. The third-order valence-electron chi connectivity index (χ3n) is 2.27. The number of hydrazone groups is 1. The molecule has 0 spiro atoms. The first-order valence-corrected chi connectivity index (χ1v) is 7.39. The summed E-state index contributed by atoms with van der Waals surface area (Å²) in [5.41, 5.74) is 0. The van der Waals surface area contributed by atoms with Crippen LogP contribution in [0.3, 0.4) is 0 Å². The molecular formula is C10H10BrN3O3S. The van der Waals surface area contributed by atoms with E-state index >= 15 is 0 Å². The lowest BCUT2D eigenvalue weighted by molar-refractivity contribution is 0.211.